The Bertz CT molecular complexity index is 375. The Labute approximate surface area is 104 Å². The first-order chi connectivity index (χ1) is 8.00. The van der Waals surface area contributed by atoms with Crippen molar-refractivity contribution >= 4 is 5.69 Å². The third-order valence-electron chi connectivity index (χ3n) is 3.68. The van der Waals surface area contributed by atoms with Gasteiger partial charge in [0.25, 0.3) is 0 Å². The van der Waals surface area contributed by atoms with Crippen molar-refractivity contribution in [3.8, 4) is 0 Å². The van der Waals surface area contributed by atoms with Crippen LogP contribution in [0.4, 0.5) is 5.69 Å². The van der Waals surface area contributed by atoms with Gasteiger partial charge < -0.3 is 10.6 Å². The van der Waals surface area contributed by atoms with Crippen LogP contribution in [0.15, 0.2) is 6.20 Å². The van der Waals surface area contributed by atoms with Gasteiger partial charge >= 0.3 is 0 Å². The van der Waals surface area contributed by atoms with Gasteiger partial charge in [0.1, 0.15) is 0 Å². The van der Waals surface area contributed by atoms with Gasteiger partial charge in [-0.15, -0.1) is 0 Å². The molecule has 1 aliphatic rings. The second kappa shape index (κ2) is 4.69. The molecule has 96 valence electrons. The number of piperidine rings is 1. The van der Waals surface area contributed by atoms with Gasteiger partial charge in [0.2, 0.25) is 0 Å². The maximum absolute atomic E-state index is 5.87. The number of rotatable bonds is 3. The zero-order valence-electron chi connectivity index (χ0n) is 11.2. The molecule has 4 heteroatoms. The smallest absolute Gasteiger partial charge is 0.0730 e. The lowest BCUT2D eigenvalue weighted by Gasteiger charge is -2.35. The van der Waals surface area contributed by atoms with Gasteiger partial charge in [0, 0.05) is 6.54 Å². The van der Waals surface area contributed by atoms with Crippen molar-refractivity contribution in [1.29, 1.82) is 0 Å². The average molecular weight is 236 g/mol. The fourth-order valence-corrected chi connectivity index (χ4v) is 2.76. The van der Waals surface area contributed by atoms with Crippen LogP contribution in [0.5, 0.6) is 0 Å². The number of likely N-dealkylation sites (tertiary alicyclic amines) is 1. The summed E-state index contributed by atoms with van der Waals surface area (Å²) in [5, 5.41) is 4.42. The molecule has 0 spiro atoms. The predicted molar refractivity (Wildman–Crippen MR) is 71.0 cm³/mol. The first-order valence-electron chi connectivity index (χ1n) is 6.53. The fourth-order valence-electron chi connectivity index (χ4n) is 2.76. The molecule has 0 aromatic carbocycles. The van der Waals surface area contributed by atoms with Gasteiger partial charge in [-0.3, -0.25) is 4.68 Å². The number of nitrogens with two attached hydrogens (primary N) is 1. The van der Waals surface area contributed by atoms with E-state index in [-0.39, 0.29) is 5.54 Å². The van der Waals surface area contributed by atoms with Crippen molar-refractivity contribution in [2.24, 2.45) is 0 Å². The molecule has 2 N–H and O–H groups in total. The topological polar surface area (TPSA) is 47.1 Å². The van der Waals surface area contributed by atoms with Crippen molar-refractivity contribution in [1.82, 2.24) is 14.7 Å². The first kappa shape index (κ1) is 12.4. The maximum atomic E-state index is 5.87. The van der Waals surface area contributed by atoms with Crippen LogP contribution < -0.4 is 5.73 Å². The average Bonchev–Trinajstić information content (AvgIpc) is 2.61. The summed E-state index contributed by atoms with van der Waals surface area (Å²) in [4.78, 5) is 2.54. The van der Waals surface area contributed by atoms with E-state index in [1.54, 1.807) is 6.20 Å². The largest absolute Gasteiger partial charge is 0.396 e. The second-order valence-electron chi connectivity index (χ2n) is 5.75. The molecule has 0 amide bonds. The quantitative estimate of drug-likeness (QED) is 0.873. The fraction of sp³-hybridized carbons (Fsp3) is 0.769. The Kier molecular flexibility index (Phi) is 3.43. The normalized spacial score (nSPS) is 18.5. The Balaban J connectivity index is 2.09. The highest BCUT2D eigenvalue weighted by atomic mass is 15.3. The molecule has 0 bridgehead atoms. The minimum absolute atomic E-state index is 0.0129. The summed E-state index contributed by atoms with van der Waals surface area (Å²) >= 11 is 0. The van der Waals surface area contributed by atoms with Crippen molar-refractivity contribution in [2.75, 3.05) is 25.4 Å². The van der Waals surface area contributed by atoms with E-state index in [4.69, 9.17) is 5.73 Å². The van der Waals surface area contributed by atoms with E-state index < -0.39 is 0 Å². The molecule has 0 aliphatic carbocycles. The predicted octanol–water partition coefficient (Wildman–Crippen LogP) is 1.99. The molecule has 2 heterocycles. The number of nitrogen functional groups attached to an aromatic ring is 1. The van der Waals surface area contributed by atoms with E-state index in [9.17, 15) is 0 Å². The second-order valence-corrected chi connectivity index (χ2v) is 5.75. The number of nitrogens with zero attached hydrogens (tertiary/aromatic N) is 3. The lowest BCUT2D eigenvalue weighted by atomic mass is 10.0. The van der Waals surface area contributed by atoms with Crippen LogP contribution in [0.1, 0.15) is 38.8 Å². The molecule has 17 heavy (non-hydrogen) atoms. The van der Waals surface area contributed by atoms with Crippen molar-refractivity contribution in [3.63, 3.8) is 0 Å². The van der Waals surface area contributed by atoms with Gasteiger partial charge in [0.15, 0.2) is 0 Å². The summed E-state index contributed by atoms with van der Waals surface area (Å²) in [7, 11) is 0. The molecule has 2 rings (SSSR count). The minimum atomic E-state index is 0.0129. The summed E-state index contributed by atoms with van der Waals surface area (Å²) in [5.41, 5.74) is 7.75. The van der Waals surface area contributed by atoms with Crippen LogP contribution in [-0.2, 0) is 5.54 Å². The molecular weight excluding hydrogens is 212 g/mol. The molecule has 1 saturated heterocycles. The molecule has 4 nitrogen and oxygen atoms in total. The van der Waals surface area contributed by atoms with Crippen molar-refractivity contribution in [3.05, 3.63) is 11.9 Å². The maximum Gasteiger partial charge on any atom is 0.0730 e. The highest BCUT2D eigenvalue weighted by Gasteiger charge is 2.27. The Hall–Kier alpha value is -1.03. The summed E-state index contributed by atoms with van der Waals surface area (Å²) in [6.07, 6.45) is 5.80. The highest BCUT2D eigenvalue weighted by Crippen LogP contribution is 2.23. The molecule has 1 aliphatic heterocycles. The molecule has 1 fully saturated rings. The number of hydrogen-bond donors (Lipinski definition) is 1. The molecule has 1 aromatic rings. The molecule has 0 radical (unpaired) electrons. The Morgan fingerprint density at radius 1 is 1.29 bits per heavy atom. The van der Waals surface area contributed by atoms with Gasteiger partial charge in [-0.25, -0.2) is 0 Å². The zero-order chi connectivity index (χ0) is 12.5. The van der Waals surface area contributed by atoms with Gasteiger partial charge in [-0.2, -0.15) is 5.10 Å². The van der Waals surface area contributed by atoms with E-state index in [2.05, 4.69) is 28.5 Å². The van der Waals surface area contributed by atoms with Crippen LogP contribution in [0, 0.1) is 6.92 Å². The van der Waals surface area contributed by atoms with Crippen LogP contribution in [0.2, 0.25) is 0 Å². The van der Waals surface area contributed by atoms with Gasteiger partial charge in [0.05, 0.1) is 23.1 Å². The van der Waals surface area contributed by atoms with E-state index in [1.807, 2.05) is 6.92 Å². The molecule has 1 aromatic heterocycles. The molecule has 0 unspecified atom stereocenters. The number of hydrogen-bond acceptors (Lipinski definition) is 3. The summed E-state index contributed by atoms with van der Waals surface area (Å²) in [6, 6.07) is 0. The number of aromatic nitrogens is 2. The summed E-state index contributed by atoms with van der Waals surface area (Å²) in [5.74, 6) is 0. The van der Waals surface area contributed by atoms with E-state index in [0.29, 0.717) is 0 Å². The standard InChI is InChI=1S/C13H24N4/c1-11-12(14)9-15-17(11)13(2,3)10-16-7-5-4-6-8-16/h9H,4-8,10,14H2,1-3H3. The van der Waals surface area contributed by atoms with Gasteiger partial charge in [-0.05, 0) is 46.7 Å². The van der Waals surface area contributed by atoms with Crippen LogP contribution in [-0.4, -0.2) is 34.3 Å². The monoisotopic (exact) mass is 236 g/mol. The van der Waals surface area contributed by atoms with E-state index in [1.165, 1.54) is 32.4 Å². The van der Waals surface area contributed by atoms with Crippen molar-refractivity contribution in [2.45, 2.75) is 45.6 Å². The van der Waals surface area contributed by atoms with E-state index in [0.717, 1.165) is 17.9 Å². The summed E-state index contributed by atoms with van der Waals surface area (Å²) < 4.78 is 2.07. The zero-order valence-corrected chi connectivity index (χ0v) is 11.2. The SMILES string of the molecule is Cc1c(N)cnn1C(C)(C)CN1CCCCC1. The molecule has 0 atom stereocenters. The Morgan fingerprint density at radius 2 is 1.94 bits per heavy atom. The highest BCUT2D eigenvalue weighted by molar-refractivity contribution is 5.40. The third-order valence-corrected chi connectivity index (χ3v) is 3.68. The first-order valence-corrected chi connectivity index (χ1v) is 6.53. The van der Waals surface area contributed by atoms with Crippen LogP contribution in [0.25, 0.3) is 0 Å². The molecular formula is C13H24N4. The number of anilines is 1. The van der Waals surface area contributed by atoms with E-state index >= 15 is 0 Å². The minimum Gasteiger partial charge on any atom is -0.396 e. The lowest BCUT2D eigenvalue weighted by Crippen LogP contribution is -2.44. The summed E-state index contributed by atoms with van der Waals surface area (Å²) in [6.45, 7) is 10.0. The van der Waals surface area contributed by atoms with Crippen LogP contribution >= 0.6 is 0 Å². The van der Waals surface area contributed by atoms with Gasteiger partial charge in [-0.1, -0.05) is 6.42 Å². The lowest BCUT2D eigenvalue weighted by molar-refractivity contribution is 0.146. The van der Waals surface area contributed by atoms with Crippen LogP contribution in [0.3, 0.4) is 0 Å². The Morgan fingerprint density at radius 3 is 2.47 bits per heavy atom. The molecule has 0 saturated carbocycles. The third kappa shape index (κ3) is 2.63. The van der Waals surface area contributed by atoms with Crippen molar-refractivity contribution < 1.29 is 0 Å².